The van der Waals surface area contributed by atoms with Gasteiger partial charge < -0.3 is 14.2 Å². The lowest BCUT2D eigenvalue weighted by atomic mass is 9.83. The largest absolute Gasteiger partial charge is 0.497 e. The second-order valence-electron chi connectivity index (χ2n) is 7.05. The van der Waals surface area contributed by atoms with Crippen molar-refractivity contribution >= 4 is 12.0 Å². The number of benzene rings is 1. The summed E-state index contributed by atoms with van der Waals surface area (Å²) in [4.78, 5) is 26.6. The highest BCUT2D eigenvalue weighted by Gasteiger charge is 2.35. The lowest BCUT2D eigenvalue weighted by Gasteiger charge is -2.42. The molecule has 2 atom stereocenters. The van der Waals surface area contributed by atoms with E-state index in [4.69, 9.17) is 4.74 Å². The van der Waals surface area contributed by atoms with Crippen LogP contribution in [0.2, 0.25) is 0 Å². The number of hydrogen-bond donors (Lipinski definition) is 0. The van der Waals surface area contributed by atoms with Crippen molar-refractivity contribution in [2.75, 3.05) is 20.2 Å². The predicted octanol–water partition coefficient (Wildman–Crippen LogP) is 2.52. The number of fused-ring (bicyclic) bond motifs is 4. The average molecular weight is 350 g/mol. The van der Waals surface area contributed by atoms with Gasteiger partial charge in [0.2, 0.25) is 5.91 Å². The van der Waals surface area contributed by atoms with Gasteiger partial charge in [0, 0.05) is 43.4 Å². The zero-order chi connectivity index (χ0) is 18.1. The van der Waals surface area contributed by atoms with E-state index in [-0.39, 0.29) is 17.4 Å². The topological polar surface area (TPSA) is 51.5 Å². The summed E-state index contributed by atoms with van der Waals surface area (Å²) >= 11 is 0. The molecule has 0 spiro atoms. The van der Waals surface area contributed by atoms with Crippen LogP contribution >= 0.6 is 0 Å². The maximum absolute atomic E-state index is 12.7. The number of likely N-dealkylation sites (tertiary alicyclic amines) is 1. The van der Waals surface area contributed by atoms with Crippen molar-refractivity contribution < 1.29 is 9.53 Å². The van der Waals surface area contributed by atoms with Crippen LogP contribution in [0, 0.1) is 5.92 Å². The summed E-state index contributed by atoms with van der Waals surface area (Å²) in [6, 6.07) is 13.1. The number of carbonyl (C=O) groups is 1. The molecule has 2 aromatic rings. The Labute approximate surface area is 152 Å². The highest BCUT2D eigenvalue weighted by atomic mass is 16.5. The first-order valence-corrected chi connectivity index (χ1v) is 8.95. The van der Waals surface area contributed by atoms with E-state index >= 15 is 0 Å². The third kappa shape index (κ3) is 3.17. The standard InChI is InChI=1S/C21H22N2O3/c1-26-18-8-5-15(6-9-18)7-10-20(24)22-12-16-11-17(14-22)19-3-2-4-21(25)23(19)13-16/h2-10,16-17H,11-14H2,1H3. The van der Waals surface area contributed by atoms with E-state index in [1.54, 1.807) is 19.3 Å². The molecule has 2 bridgehead atoms. The van der Waals surface area contributed by atoms with Crippen molar-refractivity contribution in [3.63, 3.8) is 0 Å². The molecule has 2 aliphatic rings. The number of ether oxygens (including phenoxy) is 1. The molecule has 1 saturated heterocycles. The van der Waals surface area contributed by atoms with Gasteiger partial charge in [-0.2, -0.15) is 0 Å². The molecule has 5 nitrogen and oxygen atoms in total. The van der Waals surface area contributed by atoms with Crippen LogP contribution in [-0.4, -0.2) is 35.6 Å². The average Bonchev–Trinajstić information content (AvgIpc) is 2.67. The molecule has 0 aliphatic carbocycles. The van der Waals surface area contributed by atoms with Crippen molar-refractivity contribution in [2.24, 2.45) is 5.92 Å². The molecule has 0 radical (unpaired) electrons. The third-order valence-electron chi connectivity index (χ3n) is 5.33. The van der Waals surface area contributed by atoms with Gasteiger partial charge in [0.15, 0.2) is 0 Å². The lowest BCUT2D eigenvalue weighted by molar-refractivity contribution is -0.128. The number of piperidine rings is 1. The summed E-state index contributed by atoms with van der Waals surface area (Å²) in [7, 11) is 1.63. The third-order valence-corrected chi connectivity index (χ3v) is 5.33. The first kappa shape index (κ1) is 16.6. The predicted molar refractivity (Wildman–Crippen MR) is 100 cm³/mol. The first-order chi connectivity index (χ1) is 12.6. The van der Waals surface area contributed by atoms with Gasteiger partial charge in [-0.3, -0.25) is 9.59 Å². The second kappa shape index (κ2) is 6.83. The summed E-state index contributed by atoms with van der Waals surface area (Å²) in [5.74, 6) is 1.42. The molecule has 1 fully saturated rings. The normalized spacial score (nSPS) is 21.5. The first-order valence-electron chi connectivity index (χ1n) is 8.95. The van der Waals surface area contributed by atoms with E-state index in [2.05, 4.69) is 0 Å². The zero-order valence-electron chi connectivity index (χ0n) is 14.8. The van der Waals surface area contributed by atoms with Crippen molar-refractivity contribution in [2.45, 2.75) is 18.9 Å². The number of rotatable bonds is 3. The van der Waals surface area contributed by atoms with E-state index in [1.807, 2.05) is 51.9 Å². The minimum atomic E-state index is 0.0299. The molecule has 5 heteroatoms. The fraction of sp³-hybridized carbons (Fsp3) is 0.333. The SMILES string of the molecule is COc1ccc(C=CC(=O)N2CC3CC(C2)c2cccc(=O)n2C3)cc1. The molecular weight excluding hydrogens is 328 g/mol. The number of methoxy groups -OCH3 is 1. The lowest BCUT2D eigenvalue weighted by Crippen LogP contribution is -2.48. The van der Waals surface area contributed by atoms with Crippen LogP contribution in [-0.2, 0) is 11.3 Å². The summed E-state index contributed by atoms with van der Waals surface area (Å²) in [5, 5.41) is 0. The van der Waals surface area contributed by atoms with Crippen LogP contribution in [0.4, 0.5) is 0 Å². The number of pyridine rings is 1. The molecule has 1 aromatic carbocycles. The van der Waals surface area contributed by atoms with Crippen molar-refractivity contribution in [3.8, 4) is 5.75 Å². The van der Waals surface area contributed by atoms with E-state index in [0.29, 0.717) is 25.6 Å². The Morgan fingerprint density at radius 1 is 1.12 bits per heavy atom. The van der Waals surface area contributed by atoms with Gasteiger partial charge in [-0.25, -0.2) is 0 Å². The Hall–Kier alpha value is -2.82. The minimum absolute atomic E-state index is 0.0299. The van der Waals surface area contributed by atoms with Gasteiger partial charge in [0.25, 0.3) is 5.56 Å². The molecule has 0 N–H and O–H groups in total. The van der Waals surface area contributed by atoms with Crippen molar-refractivity contribution in [1.29, 1.82) is 0 Å². The number of nitrogens with zero attached hydrogens (tertiary/aromatic N) is 2. The van der Waals surface area contributed by atoms with Crippen LogP contribution < -0.4 is 10.3 Å². The van der Waals surface area contributed by atoms with Crippen LogP contribution in [0.15, 0.2) is 53.3 Å². The van der Waals surface area contributed by atoms with Gasteiger partial charge in [-0.15, -0.1) is 0 Å². The summed E-state index contributed by atoms with van der Waals surface area (Å²) in [6.07, 6.45) is 4.53. The van der Waals surface area contributed by atoms with E-state index < -0.39 is 0 Å². The van der Waals surface area contributed by atoms with E-state index in [9.17, 15) is 9.59 Å². The van der Waals surface area contributed by atoms with Crippen molar-refractivity contribution in [3.05, 3.63) is 70.2 Å². The second-order valence-corrected chi connectivity index (χ2v) is 7.05. The Balaban J connectivity index is 1.48. The summed E-state index contributed by atoms with van der Waals surface area (Å²) in [5.41, 5.74) is 2.09. The zero-order valence-corrected chi connectivity index (χ0v) is 14.8. The fourth-order valence-electron chi connectivity index (χ4n) is 4.06. The Morgan fingerprint density at radius 3 is 2.69 bits per heavy atom. The van der Waals surface area contributed by atoms with Gasteiger partial charge in [-0.05, 0) is 42.2 Å². The molecule has 26 heavy (non-hydrogen) atoms. The fourth-order valence-corrected chi connectivity index (χ4v) is 4.06. The molecule has 134 valence electrons. The van der Waals surface area contributed by atoms with E-state index in [0.717, 1.165) is 23.4 Å². The quantitative estimate of drug-likeness (QED) is 0.800. The maximum atomic E-state index is 12.7. The minimum Gasteiger partial charge on any atom is -0.497 e. The molecular formula is C21H22N2O3. The van der Waals surface area contributed by atoms with E-state index in [1.165, 1.54) is 0 Å². The highest BCUT2D eigenvalue weighted by molar-refractivity contribution is 5.92. The van der Waals surface area contributed by atoms with Crippen LogP contribution in [0.25, 0.3) is 6.08 Å². The van der Waals surface area contributed by atoms with Gasteiger partial charge in [0.05, 0.1) is 7.11 Å². The molecule has 2 unspecified atom stereocenters. The molecule has 3 heterocycles. The Morgan fingerprint density at radius 2 is 1.92 bits per heavy atom. The van der Waals surface area contributed by atoms with Crippen LogP contribution in [0.5, 0.6) is 5.75 Å². The smallest absolute Gasteiger partial charge is 0.250 e. The van der Waals surface area contributed by atoms with Gasteiger partial charge in [-0.1, -0.05) is 18.2 Å². The number of hydrogen-bond acceptors (Lipinski definition) is 3. The number of amides is 1. The van der Waals surface area contributed by atoms with Gasteiger partial charge in [0.1, 0.15) is 5.75 Å². The van der Waals surface area contributed by atoms with Crippen molar-refractivity contribution in [1.82, 2.24) is 9.47 Å². The monoisotopic (exact) mass is 350 g/mol. The maximum Gasteiger partial charge on any atom is 0.250 e. The van der Waals surface area contributed by atoms with Crippen LogP contribution in [0.3, 0.4) is 0 Å². The Kier molecular flexibility index (Phi) is 4.37. The summed E-state index contributed by atoms with van der Waals surface area (Å²) < 4.78 is 7.03. The van der Waals surface area contributed by atoms with Gasteiger partial charge >= 0.3 is 0 Å². The molecule has 0 saturated carbocycles. The summed E-state index contributed by atoms with van der Waals surface area (Å²) in [6.45, 7) is 2.09. The molecule has 1 amide bonds. The Bertz CT molecular complexity index is 898. The highest BCUT2D eigenvalue weighted by Crippen LogP contribution is 2.35. The molecule has 4 rings (SSSR count). The number of carbonyl (C=O) groups excluding carboxylic acids is 1. The van der Waals surface area contributed by atoms with Crippen LogP contribution in [0.1, 0.15) is 23.6 Å². The molecule has 1 aromatic heterocycles. The molecule has 2 aliphatic heterocycles. The number of aromatic nitrogens is 1.